The molecule has 2 aromatic rings. The second kappa shape index (κ2) is 10.6. The van der Waals surface area contributed by atoms with Crippen LogP contribution in [-0.4, -0.2) is 58.7 Å². The molecule has 3 rings (SSSR count). The molecule has 1 amide bonds. The zero-order valence-corrected chi connectivity index (χ0v) is 18.8. The first-order valence-corrected chi connectivity index (χ1v) is 11.8. The predicted molar refractivity (Wildman–Crippen MR) is 120 cm³/mol. The highest BCUT2D eigenvalue weighted by molar-refractivity contribution is 7.89. The molecule has 10 heteroatoms. The van der Waals surface area contributed by atoms with Crippen LogP contribution in [0.3, 0.4) is 0 Å². The topological polar surface area (TPSA) is 114 Å². The number of hydrogen-bond donors (Lipinski definition) is 2. The van der Waals surface area contributed by atoms with E-state index in [0.29, 0.717) is 18.9 Å². The molecule has 0 radical (unpaired) electrons. The van der Waals surface area contributed by atoms with Crippen LogP contribution >= 0.6 is 0 Å². The molecule has 1 saturated heterocycles. The first-order valence-electron chi connectivity index (χ1n) is 10.3. The highest BCUT2D eigenvalue weighted by Gasteiger charge is 2.26. The van der Waals surface area contributed by atoms with Crippen molar-refractivity contribution in [3.05, 3.63) is 54.6 Å². The molecular weight excluding hydrogens is 434 g/mol. The third-order valence-electron chi connectivity index (χ3n) is 4.91. The summed E-state index contributed by atoms with van der Waals surface area (Å²) in [6.45, 7) is 5.77. The molecule has 0 aromatic heterocycles. The van der Waals surface area contributed by atoms with Crippen LogP contribution in [0.4, 0.5) is 11.4 Å². The van der Waals surface area contributed by atoms with E-state index >= 15 is 0 Å². The van der Waals surface area contributed by atoms with Gasteiger partial charge in [-0.1, -0.05) is 18.2 Å². The van der Waals surface area contributed by atoms with Gasteiger partial charge in [0.25, 0.3) is 5.91 Å². The van der Waals surface area contributed by atoms with Crippen molar-refractivity contribution in [3.63, 3.8) is 0 Å². The Morgan fingerprint density at radius 2 is 1.62 bits per heavy atom. The second-order valence-electron chi connectivity index (χ2n) is 7.37. The third-order valence-corrected chi connectivity index (χ3v) is 6.47. The summed E-state index contributed by atoms with van der Waals surface area (Å²) in [5.74, 6) is -1.37. The van der Waals surface area contributed by atoms with E-state index in [-0.39, 0.29) is 4.90 Å². The van der Waals surface area contributed by atoms with Crippen molar-refractivity contribution in [3.8, 4) is 0 Å². The number of sulfonamides is 1. The van der Waals surface area contributed by atoms with Gasteiger partial charge in [0, 0.05) is 24.5 Å². The molecule has 0 aliphatic carbocycles. The Hall–Kier alpha value is -2.95. The van der Waals surface area contributed by atoms with Crippen molar-refractivity contribution in [2.45, 2.75) is 30.9 Å². The lowest BCUT2D eigenvalue weighted by Crippen LogP contribution is -2.42. The van der Waals surface area contributed by atoms with Gasteiger partial charge < -0.3 is 19.7 Å². The summed E-state index contributed by atoms with van der Waals surface area (Å²) < 4.78 is 37.4. The van der Waals surface area contributed by atoms with E-state index < -0.39 is 34.0 Å². The monoisotopic (exact) mass is 461 g/mol. The molecule has 0 spiro atoms. The number of rotatable bonds is 8. The lowest BCUT2D eigenvalue weighted by molar-refractivity contribution is -0.154. The van der Waals surface area contributed by atoms with Crippen molar-refractivity contribution < 1.29 is 27.5 Å². The van der Waals surface area contributed by atoms with E-state index in [4.69, 9.17) is 9.47 Å². The van der Waals surface area contributed by atoms with E-state index in [1.165, 1.54) is 26.0 Å². The van der Waals surface area contributed by atoms with Crippen LogP contribution in [-0.2, 0) is 29.1 Å². The van der Waals surface area contributed by atoms with Crippen molar-refractivity contribution >= 4 is 33.3 Å². The number of esters is 1. The lowest BCUT2D eigenvalue weighted by Gasteiger charge is -2.29. The number of hydrogen-bond acceptors (Lipinski definition) is 7. The molecule has 1 aliphatic rings. The molecule has 2 aromatic carbocycles. The normalized spacial score (nSPS) is 16.1. The van der Waals surface area contributed by atoms with Crippen LogP contribution < -0.4 is 14.9 Å². The van der Waals surface area contributed by atoms with E-state index in [0.717, 1.165) is 18.8 Å². The Kier molecular flexibility index (Phi) is 7.84. The molecule has 32 heavy (non-hydrogen) atoms. The predicted octanol–water partition coefficient (Wildman–Crippen LogP) is 1.76. The zero-order valence-electron chi connectivity index (χ0n) is 18.0. The van der Waals surface area contributed by atoms with Gasteiger partial charge >= 0.3 is 5.97 Å². The minimum Gasteiger partial charge on any atom is -0.451 e. The number of morpholine rings is 1. The Morgan fingerprint density at radius 3 is 2.25 bits per heavy atom. The maximum Gasteiger partial charge on any atom is 0.324 e. The quantitative estimate of drug-likeness (QED) is 0.576. The SMILES string of the molecule is CC(OC(=O)[C@H](C)NS(=O)(=O)c1ccccc1)C(=O)Nc1ccc(N2CCOCC2)cc1. The van der Waals surface area contributed by atoms with Crippen LogP contribution in [0.25, 0.3) is 0 Å². The largest absolute Gasteiger partial charge is 0.451 e. The number of carbonyl (C=O) groups excluding carboxylic acids is 2. The van der Waals surface area contributed by atoms with Gasteiger partial charge in [-0.3, -0.25) is 9.59 Å². The summed E-state index contributed by atoms with van der Waals surface area (Å²) in [5.41, 5.74) is 1.60. The minimum absolute atomic E-state index is 0.0333. The molecule has 1 heterocycles. The molecule has 0 saturated carbocycles. The number of anilines is 2. The molecule has 172 valence electrons. The van der Waals surface area contributed by atoms with Crippen LogP contribution in [0.2, 0.25) is 0 Å². The standard InChI is InChI=1S/C22H27N3O6S/c1-16(24-32(28,29)20-6-4-3-5-7-20)22(27)31-17(2)21(26)23-18-8-10-19(11-9-18)25-12-14-30-15-13-25/h3-11,16-17,24H,12-15H2,1-2H3,(H,23,26)/t16-,17?/m0/s1. The number of benzene rings is 2. The summed E-state index contributed by atoms with van der Waals surface area (Å²) in [6.07, 6.45) is -1.11. The minimum atomic E-state index is -3.89. The van der Waals surface area contributed by atoms with E-state index in [2.05, 4.69) is 14.9 Å². The maximum atomic E-state index is 12.4. The van der Waals surface area contributed by atoms with E-state index in [9.17, 15) is 18.0 Å². The van der Waals surface area contributed by atoms with E-state index in [1.807, 2.05) is 12.1 Å². The zero-order chi connectivity index (χ0) is 23.1. The second-order valence-corrected chi connectivity index (χ2v) is 9.08. The van der Waals surface area contributed by atoms with Gasteiger partial charge in [0.15, 0.2) is 6.10 Å². The Bertz CT molecular complexity index is 1020. The number of amides is 1. The van der Waals surface area contributed by atoms with Gasteiger partial charge in [0.2, 0.25) is 10.0 Å². The van der Waals surface area contributed by atoms with Crippen molar-refractivity contribution in [1.29, 1.82) is 0 Å². The Morgan fingerprint density at radius 1 is 1.00 bits per heavy atom. The van der Waals surface area contributed by atoms with Crippen LogP contribution in [0.1, 0.15) is 13.8 Å². The van der Waals surface area contributed by atoms with Crippen LogP contribution in [0.5, 0.6) is 0 Å². The summed E-state index contributed by atoms with van der Waals surface area (Å²) in [6, 6.07) is 13.9. The molecule has 0 bridgehead atoms. The van der Waals surface area contributed by atoms with E-state index in [1.54, 1.807) is 30.3 Å². The average Bonchev–Trinajstić information content (AvgIpc) is 2.80. The summed E-state index contributed by atoms with van der Waals surface area (Å²) in [4.78, 5) is 26.9. The number of carbonyl (C=O) groups is 2. The highest BCUT2D eigenvalue weighted by atomic mass is 32.2. The van der Waals surface area contributed by atoms with Crippen molar-refractivity contribution in [2.75, 3.05) is 36.5 Å². The lowest BCUT2D eigenvalue weighted by atomic mass is 10.2. The number of ether oxygens (including phenoxy) is 2. The van der Waals surface area contributed by atoms with Gasteiger partial charge in [0.1, 0.15) is 6.04 Å². The molecule has 2 N–H and O–H groups in total. The van der Waals surface area contributed by atoms with Crippen molar-refractivity contribution in [2.24, 2.45) is 0 Å². The summed E-state index contributed by atoms with van der Waals surface area (Å²) in [7, 11) is -3.89. The van der Waals surface area contributed by atoms with Crippen LogP contribution in [0, 0.1) is 0 Å². The molecule has 1 aliphatic heterocycles. The summed E-state index contributed by atoms with van der Waals surface area (Å²) in [5, 5.41) is 2.69. The number of nitrogens with one attached hydrogen (secondary N) is 2. The highest BCUT2D eigenvalue weighted by Crippen LogP contribution is 2.19. The fraction of sp³-hybridized carbons (Fsp3) is 0.364. The first kappa shape index (κ1) is 23.7. The first-order chi connectivity index (χ1) is 15.3. The molecule has 1 fully saturated rings. The smallest absolute Gasteiger partial charge is 0.324 e. The molecular formula is C22H27N3O6S. The Balaban J connectivity index is 1.51. The molecule has 1 unspecified atom stereocenters. The fourth-order valence-electron chi connectivity index (χ4n) is 3.10. The van der Waals surface area contributed by atoms with Crippen LogP contribution in [0.15, 0.2) is 59.5 Å². The Labute approximate surface area is 187 Å². The molecule has 2 atom stereocenters. The average molecular weight is 462 g/mol. The fourth-order valence-corrected chi connectivity index (χ4v) is 4.31. The number of nitrogens with zero attached hydrogens (tertiary/aromatic N) is 1. The third kappa shape index (κ3) is 6.28. The van der Waals surface area contributed by atoms with Gasteiger partial charge in [-0.05, 0) is 50.2 Å². The van der Waals surface area contributed by atoms with Gasteiger partial charge in [0.05, 0.1) is 18.1 Å². The van der Waals surface area contributed by atoms with Gasteiger partial charge in [-0.25, -0.2) is 8.42 Å². The van der Waals surface area contributed by atoms with Gasteiger partial charge in [-0.15, -0.1) is 0 Å². The van der Waals surface area contributed by atoms with Gasteiger partial charge in [-0.2, -0.15) is 4.72 Å². The maximum absolute atomic E-state index is 12.4. The van der Waals surface area contributed by atoms with Crippen molar-refractivity contribution in [1.82, 2.24) is 4.72 Å². The summed E-state index contributed by atoms with van der Waals surface area (Å²) >= 11 is 0. The molecule has 9 nitrogen and oxygen atoms in total.